The molecule has 1 fully saturated rings. The van der Waals surface area contributed by atoms with Crippen molar-refractivity contribution in [1.82, 2.24) is 19.5 Å². The normalized spacial score (nSPS) is 18.1. The molecule has 0 unspecified atom stereocenters. The van der Waals surface area contributed by atoms with E-state index in [2.05, 4.69) is 15.0 Å². The molecular weight excluding hydrogens is 293 g/mol. The molecule has 1 aliphatic rings. The minimum absolute atomic E-state index is 0.228. The van der Waals surface area contributed by atoms with Crippen LogP contribution in [0.1, 0.15) is 19.8 Å². The molecule has 3 rings (SSSR count). The molecule has 0 aromatic carbocycles. The van der Waals surface area contributed by atoms with E-state index in [9.17, 15) is 4.57 Å². The van der Waals surface area contributed by atoms with Crippen molar-refractivity contribution in [3.05, 3.63) is 24.0 Å². The molecule has 0 radical (unpaired) electrons. The summed E-state index contributed by atoms with van der Waals surface area (Å²) >= 11 is 0. The Balaban J connectivity index is 1.94. The highest BCUT2D eigenvalue weighted by Gasteiger charge is 2.45. The van der Waals surface area contributed by atoms with Crippen LogP contribution in [-0.2, 0) is 11.1 Å². The molecule has 112 valence electrons. The molecule has 0 amide bonds. The monoisotopic (exact) mass is 309 g/mol. The van der Waals surface area contributed by atoms with Crippen molar-refractivity contribution in [2.75, 3.05) is 5.73 Å². The lowest BCUT2D eigenvalue weighted by atomic mass is 9.99. The Hall–Kier alpha value is -1.76. The van der Waals surface area contributed by atoms with E-state index in [0.717, 1.165) is 18.7 Å². The van der Waals surface area contributed by atoms with Crippen molar-refractivity contribution < 1.29 is 14.4 Å². The van der Waals surface area contributed by atoms with Gasteiger partial charge in [-0.2, -0.15) is 0 Å². The average Bonchev–Trinajstić information content (AvgIpc) is 3.04. The number of rotatable bonds is 4. The van der Waals surface area contributed by atoms with Gasteiger partial charge in [-0.05, 0) is 19.8 Å². The highest BCUT2D eigenvalue weighted by atomic mass is 31.2. The van der Waals surface area contributed by atoms with Gasteiger partial charge in [0.1, 0.15) is 11.8 Å². The first-order chi connectivity index (χ1) is 9.81. The van der Waals surface area contributed by atoms with E-state index in [0.29, 0.717) is 29.1 Å². The first kappa shape index (κ1) is 14.2. The predicted molar refractivity (Wildman–Crippen MR) is 77.2 cm³/mol. The summed E-state index contributed by atoms with van der Waals surface area (Å²) in [7, 11) is -4.16. The molecule has 1 aliphatic carbocycles. The maximum absolute atomic E-state index is 11.1. The van der Waals surface area contributed by atoms with Crippen LogP contribution < -0.4 is 5.73 Å². The van der Waals surface area contributed by atoms with E-state index >= 15 is 0 Å². The van der Waals surface area contributed by atoms with Gasteiger partial charge in [0.05, 0.1) is 6.33 Å². The van der Waals surface area contributed by atoms with Crippen LogP contribution in [0.4, 0.5) is 5.82 Å². The second kappa shape index (κ2) is 4.62. The van der Waals surface area contributed by atoms with Gasteiger partial charge in [0.25, 0.3) is 0 Å². The van der Waals surface area contributed by atoms with Crippen LogP contribution in [0.5, 0.6) is 0 Å². The lowest BCUT2D eigenvalue weighted by molar-refractivity contribution is 0.384. The van der Waals surface area contributed by atoms with Crippen molar-refractivity contribution in [3.63, 3.8) is 0 Å². The molecule has 9 heteroatoms. The van der Waals surface area contributed by atoms with E-state index in [1.54, 1.807) is 13.3 Å². The fourth-order valence-electron chi connectivity index (χ4n) is 2.56. The zero-order valence-electron chi connectivity index (χ0n) is 11.5. The Morgan fingerprint density at radius 3 is 2.81 bits per heavy atom. The minimum atomic E-state index is -4.16. The van der Waals surface area contributed by atoms with Crippen LogP contribution in [0, 0.1) is 5.41 Å². The molecule has 21 heavy (non-hydrogen) atoms. The Kier molecular flexibility index (Phi) is 3.12. The second-order valence-corrected chi connectivity index (χ2v) is 6.92. The first-order valence-electron chi connectivity index (χ1n) is 6.47. The second-order valence-electron chi connectivity index (χ2n) is 5.49. The predicted octanol–water partition coefficient (Wildman–Crippen LogP) is 1.27. The van der Waals surface area contributed by atoms with Gasteiger partial charge in [0, 0.05) is 17.8 Å². The van der Waals surface area contributed by atoms with E-state index in [1.165, 1.54) is 6.33 Å². The third kappa shape index (κ3) is 2.70. The van der Waals surface area contributed by atoms with E-state index in [4.69, 9.17) is 15.5 Å². The van der Waals surface area contributed by atoms with Crippen LogP contribution >= 0.6 is 7.60 Å². The van der Waals surface area contributed by atoms with Crippen molar-refractivity contribution in [2.24, 2.45) is 5.41 Å². The van der Waals surface area contributed by atoms with Gasteiger partial charge < -0.3 is 20.1 Å². The first-order valence-corrected chi connectivity index (χ1v) is 8.15. The van der Waals surface area contributed by atoms with Gasteiger partial charge >= 0.3 is 7.60 Å². The summed E-state index contributed by atoms with van der Waals surface area (Å²) in [6.07, 6.45) is 4.79. The third-order valence-electron chi connectivity index (χ3n) is 3.95. The Labute approximate surface area is 120 Å². The van der Waals surface area contributed by atoms with Gasteiger partial charge in [-0.25, -0.2) is 15.0 Å². The van der Waals surface area contributed by atoms with Gasteiger partial charge in [0.2, 0.25) is 0 Å². The highest BCUT2D eigenvalue weighted by Crippen LogP contribution is 2.56. The molecule has 1 saturated carbocycles. The zero-order valence-corrected chi connectivity index (χ0v) is 12.4. The molecular formula is C12H16N5O3P. The topological polar surface area (TPSA) is 127 Å². The van der Waals surface area contributed by atoms with Crippen LogP contribution in [0.3, 0.4) is 0 Å². The lowest BCUT2D eigenvalue weighted by Crippen LogP contribution is -2.13. The van der Waals surface area contributed by atoms with E-state index in [1.807, 2.05) is 4.57 Å². The van der Waals surface area contributed by atoms with Crippen LogP contribution in [0.15, 0.2) is 24.0 Å². The summed E-state index contributed by atoms with van der Waals surface area (Å²) < 4.78 is 13.0. The molecule has 8 nitrogen and oxygen atoms in total. The third-order valence-corrected chi connectivity index (χ3v) is 4.68. The Morgan fingerprint density at radius 2 is 2.19 bits per heavy atom. The van der Waals surface area contributed by atoms with E-state index < -0.39 is 7.60 Å². The van der Waals surface area contributed by atoms with Crippen LogP contribution in [0.2, 0.25) is 0 Å². The summed E-state index contributed by atoms with van der Waals surface area (Å²) in [4.78, 5) is 30.5. The van der Waals surface area contributed by atoms with Gasteiger partial charge in [-0.15, -0.1) is 0 Å². The van der Waals surface area contributed by atoms with Gasteiger partial charge in [0.15, 0.2) is 11.5 Å². The molecule has 2 aromatic heterocycles. The molecule has 0 aliphatic heterocycles. The summed E-state index contributed by atoms with van der Waals surface area (Å²) in [6, 6.07) is 0. The Morgan fingerprint density at radius 1 is 1.48 bits per heavy atom. The maximum Gasteiger partial charge on any atom is 0.349 e. The molecule has 0 bridgehead atoms. The zero-order chi connectivity index (χ0) is 15.3. The number of nitrogens with two attached hydrogens (primary N) is 1. The maximum atomic E-state index is 11.1. The molecule has 2 heterocycles. The number of anilines is 1. The SMILES string of the molecule is CC(=CP(=O)(O)O)C1(Cn2cnc3c(N)ncnc32)CC1. The van der Waals surface area contributed by atoms with Gasteiger partial charge in [-0.1, -0.05) is 5.57 Å². The van der Waals surface area contributed by atoms with Crippen molar-refractivity contribution in [3.8, 4) is 0 Å². The number of hydrogen-bond acceptors (Lipinski definition) is 5. The van der Waals surface area contributed by atoms with Crippen molar-refractivity contribution in [1.29, 1.82) is 0 Å². The van der Waals surface area contributed by atoms with Crippen LogP contribution in [0.25, 0.3) is 11.2 Å². The standard InChI is InChI=1S/C12H16N5O3P/c1-8(4-21(18,19)20)12(2-3-12)5-17-7-16-9-10(13)14-6-15-11(9)17/h4,6-7H,2-3,5H2,1H3,(H2,13,14,15)(H2,18,19,20). The fraction of sp³-hybridized carbons (Fsp3) is 0.417. The van der Waals surface area contributed by atoms with Crippen molar-refractivity contribution >= 4 is 24.6 Å². The number of fused-ring (bicyclic) bond motifs is 1. The molecule has 0 saturated heterocycles. The number of imidazole rings is 1. The molecule has 0 atom stereocenters. The average molecular weight is 309 g/mol. The van der Waals surface area contributed by atoms with E-state index in [-0.39, 0.29) is 5.41 Å². The Bertz CT molecular complexity index is 774. The largest absolute Gasteiger partial charge is 0.382 e. The lowest BCUT2D eigenvalue weighted by Gasteiger charge is -2.17. The number of nitrogens with zero attached hydrogens (tertiary/aromatic N) is 4. The van der Waals surface area contributed by atoms with Gasteiger partial charge in [-0.3, -0.25) is 4.57 Å². The minimum Gasteiger partial charge on any atom is -0.382 e. The molecule has 0 spiro atoms. The summed E-state index contributed by atoms with van der Waals surface area (Å²) in [6.45, 7) is 2.33. The quantitative estimate of drug-likeness (QED) is 0.726. The highest BCUT2D eigenvalue weighted by molar-refractivity contribution is 7.55. The molecule has 2 aromatic rings. The number of allylic oxidation sites excluding steroid dienone is 1. The fourth-order valence-corrected chi connectivity index (χ4v) is 3.34. The van der Waals surface area contributed by atoms with Crippen molar-refractivity contribution in [2.45, 2.75) is 26.3 Å². The summed E-state index contributed by atoms with van der Waals surface area (Å²) in [5.74, 6) is 1.38. The molecule has 4 N–H and O–H groups in total. The number of nitrogen functional groups attached to an aromatic ring is 1. The smallest absolute Gasteiger partial charge is 0.349 e. The number of aromatic nitrogens is 4. The summed E-state index contributed by atoms with van der Waals surface area (Å²) in [5, 5.41) is 0. The summed E-state index contributed by atoms with van der Waals surface area (Å²) in [5.41, 5.74) is 7.41. The number of hydrogen-bond donors (Lipinski definition) is 3. The van der Waals surface area contributed by atoms with Crippen LogP contribution in [-0.4, -0.2) is 29.3 Å².